The minimum absolute atomic E-state index is 0.00219. The van der Waals surface area contributed by atoms with Crippen molar-refractivity contribution in [1.82, 2.24) is 20.1 Å². The van der Waals surface area contributed by atoms with Gasteiger partial charge in [-0.05, 0) is 43.3 Å². The fourth-order valence-electron chi connectivity index (χ4n) is 2.67. The summed E-state index contributed by atoms with van der Waals surface area (Å²) in [7, 11) is 1.35. The number of carbonyl (C=O) groups is 1. The van der Waals surface area contributed by atoms with E-state index in [2.05, 4.69) is 15.5 Å². The van der Waals surface area contributed by atoms with Gasteiger partial charge in [-0.15, -0.1) is 0 Å². The molecule has 0 unspecified atom stereocenters. The van der Waals surface area contributed by atoms with Gasteiger partial charge in [-0.1, -0.05) is 6.07 Å². The van der Waals surface area contributed by atoms with E-state index in [1.54, 1.807) is 12.1 Å². The minimum atomic E-state index is -4.43. The summed E-state index contributed by atoms with van der Waals surface area (Å²) in [4.78, 5) is 12.1. The maximum atomic E-state index is 12.3. The van der Waals surface area contributed by atoms with Gasteiger partial charge in [-0.3, -0.25) is 9.89 Å². The van der Waals surface area contributed by atoms with E-state index < -0.39 is 12.8 Å². The quantitative estimate of drug-likeness (QED) is 0.564. The summed E-state index contributed by atoms with van der Waals surface area (Å²) < 4.78 is 49.1. The van der Waals surface area contributed by atoms with E-state index in [-0.39, 0.29) is 23.8 Å². The summed E-state index contributed by atoms with van der Waals surface area (Å²) in [5, 5.41) is 9.67. The number of rotatable bonds is 10. The largest absolute Gasteiger partial charge is 0.493 e. The van der Waals surface area contributed by atoms with Crippen molar-refractivity contribution in [3.63, 3.8) is 0 Å². The van der Waals surface area contributed by atoms with Crippen LogP contribution in [0.3, 0.4) is 0 Å². The van der Waals surface area contributed by atoms with Gasteiger partial charge in [0.2, 0.25) is 5.91 Å². The van der Waals surface area contributed by atoms with Gasteiger partial charge in [-0.2, -0.15) is 18.3 Å². The van der Waals surface area contributed by atoms with Crippen LogP contribution in [-0.2, 0) is 24.2 Å². The minimum Gasteiger partial charge on any atom is -0.493 e. The number of hydrogen-bond donors (Lipinski definition) is 2. The molecule has 0 atom stereocenters. The second kappa shape index (κ2) is 10.3. The molecule has 0 bridgehead atoms. The number of amides is 1. The molecular weight excluding hydrogens is 409 g/mol. The molecule has 0 saturated heterocycles. The summed E-state index contributed by atoms with van der Waals surface area (Å²) in [6.45, 7) is 1.68. The molecule has 0 saturated carbocycles. The summed E-state index contributed by atoms with van der Waals surface area (Å²) >= 11 is 5.12. The number of carbonyl (C=O) groups excluding carboxylic acids is 1. The van der Waals surface area contributed by atoms with E-state index in [0.29, 0.717) is 30.7 Å². The molecule has 1 aromatic carbocycles. The average molecular weight is 432 g/mol. The predicted molar refractivity (Wildman–Crippen MR) is 103 cm³/mol. The number of nitrogens with one attached hydrogen (secondary N) is 2. The van der Waals surface area contributed by atoms with Crippen LogP contribution >= 0.6 is 12.2 Å². The fourth-order valence-corrected chi connectivity index (χ4v) is 2.95. The highest BCUT2D eigenvalue weighted by molar-refractivity contribution is 7.71. The lowest BCUT2D eigenvalue weighted by Crippen LogP contribution is -2.26. The molecule has 0 aliphatic rings. The second-order valence-electron chi connectivity index (χ2n) is 6.18. The molecule has 1 amide bonds. The van der Waals surface area contributed by atoms with Gasteiger partial charge < -0.3 is 19.4 Å². The zero-order valence-corrected chi connectivity index (χ0v) is 17.0. The van der Waals surface area contributed by atoms with Crippen molar-refractivity contribution in [2.75, 3.05) is 20.3 Å². The van der Waals surface area contributed by atoms with Crippen LogP contribution in [-0.4, -0.2) is 47.1 Å². The number of alkyl halides is 3. The van der Waals surface area contributed by atoms with Gasteiger partial charge in [0.05, 0.1) is 7.11 Å². The number of nitrogens with zero attached hydrogens (tertiary/aromatic N) is 2. The molecule has 0 aliphatic carbocycles. The number of hydrogen-bond acceptors (Lipinski definition) is 5. The highest BCUT2D eigenvalue weighted by atomic mass is 32.1. The fraction of sp³-hybridized carbons (Fsp3) is 0.500. The summed E-state index contributed by atoms with van der Waals surface area (Å²) in [6.07, 6.45) is -3.24. The lowest BCUT2D eigenvalue weighted by molar-refractivity contribution is -0.153. The smallest absolute Gasteiger partial charge is 0.422 e. The van der Waals surface area contributed by atoms with Crippen LogP contribution < -0.4 is 14.8 Å². The van der Waals surface area contributed by atoms with Crippen LogP contribution in [0.25, 0.3) is 0 Å². The van der Waals surface area contributed by atoms with Crippen LogP contribution in [0.4, 0.5) is 13.2 Å². The van der Waals surface area contributed by atoms with Crippen molar-refractivity contribution in [1.29, 1.82) is 0 Å². The number of aromatic nitrogens is 3. The molecule has 0 aliphatic heterocycles. The number of benzene rings is 1. The Morgan fingerprint density at radius 2 is 2.07 bits per heavy atom. The molecular formula is C18H23F3N4O3S. The number of aromatic amines is 1. The first-order chi connectivity index (χ1) is 13.7. The van der Waals surface area contributed by atoms with Crippen LogP contribution in [0.2, 0.25) is 0 Å². The topological polar surface area (TPSA) is 81.2 Å². The Morgan fingerprint density at radius 3 is 2.72 bits per heavy atom. The molecule has 0 spiro atoms. The van der Waals surface area contributed by atoms with Crippen LogP contribution in [0, 0.1) is 4.77 Å². The maximum absolute atomic E-state index is 12.3. The third kappa shape index (κ3) is 7.08. The van der Waals surface area contributed by atoms with Crippen molar-refractivity contribution in [2.24, 2.45) is 0 Å². The first-order valence-corrected chi connectivity index (χ1v) is 9.41. The summed E-state index contributed by atoms with van der Waals surface area (Å²) in [5.74, 6) is 0.826. The van der Waals surface area contributed by atoms with Crippen molar-refractivity contribution < 1.29 is 27.4 Å². The average Bonchev–Trinajstić information content (AvgIpc) is 3.03. The van der Waals surface area contributed by atoms with E-state index >= 15 is 0 Å². The van der Waals surface area contributed by atoms with Gasteiger partial charge in [0.15, 0.2) is 22.9 Å². The number of halogens is 3. The Balaban J connectivity index is 1.82. The third-order valence-corrected chi connectivity index (χ3v) is 4.40. The first kappa shape index (κ1) is 22.7. The summed E-state index contributed by atoms with van der Waals surface area (Å²) in [6, 6.07) is 4.59. The van der Waals surface area contributed by atoms with E-state index in [1.807, 2.05) is 11.5 Å². The molecule has 1 aromatic heterocycles. The number of methoxy groups -OCH3 is 1. The molecule has 2 aromatic rings. The number of H-pyrrole nitrogens is 1. The molecule has 1 heterocycles. The Morgan fingerprint density at radius 1 is 1.31 bits per heavy atom. The normalized spacial score (nSPS) is 11.3. The molecule has 0 radical (unpaired) electrons. The molecule has 0 fully saturated rings. The van der Waals surface area contributed by atoms with Gasteiger partial charge in [0, 0.05) is 25.9 Å². The zero-order chi connectivity index (χ0) is 21.4. The van der Waals surface area contributed by atoms with E-state index in [1.165, 1.54) is 13.2 Å². The lowest BCUT2D eigenvalue weighted by atomic mass is 10.1. The van der Waals surface area contributed by atoms with Crippen LogP contribution in [0.5, 0.6) is 11.5 Å². The third-order valence-electron chi connectivity index (χ3n) is 4.08. The Bertz CT molecular complexity index is 880. The van der Waals surface area contributed by atoms with Gasteiger partial charge in [0.1, 0.15) is 5.82 Å². The molecule has 29 heavy (non-hydrogen) atoms. The van der Waals surface area contributed by atoms with E-state index in [4.69, 9.17) is 21.7 Å². The van der Waals surface area contributed by atoms with Gasteiger partial charge >= 0.3 is 6.18 Å². The first-order valence-electron chi connectivity index (χ1n) is 9.00. The highest BCUT2D eigenvalue weighted by Crippen LogP contribution is 2.30. The van der Waals surface area contributed by atoms with Crippen molar-refractivity contribution in [3.05, 3.63) is 34.4 Å². The zero-order valence-electron chi connectivity index (χ0n) is 16.1. The van der Waals surface area contributed by atoms with Gasteiger partial charge in [0.25, 0.3) is 0 Å². The second-order valence-corrected chi connectivity index (χ2v) is 6.56. The summed E-state index contributed by atoms with van der Waals surface area (Å²) in [5.41, 5.74) is 0.753. The van der Waals surface area contributed by atoms with Crippen molar-refractivity contribution >= 4 is 18.1 Å². The van der Waals surface area contributed by atoms with Gasteiger partial charge in [-0.25, -0.2) is 0 Å². The SMILES string of the molecule is CCn1c(CCNC(=O)CCc2ccc(OCC(F)(F)F)c(OC)c2)n[nH]c1=S. The van der Waals surface area contributed by atoms with Crippen LogP contribution in [0.1, 0.15) is 24.7 Å². The van der Waals surface area contributed by atoms with Crippen molar-refractivity contribution in [3.8, 4) is 11.5 Å². The number of aryl methyl sites for hydroxylation is 1. The van der Waals surface area contributed by atoms with Crippen molar-refractivity contribution in [2.45, 2.75) is 38.9 Å². The Hall–Kier alpha value is -2.56. The van der Waals surface area contributed by atoms with Crippen LogP contribution in [0.15, 0.2) is 18.2 Å². The predicted octanol–water partition coefficient (Wildman–Crippen LogP) is 3.20. The highest BCUT2D eigenvalue weighted by Gasteiger charge is 2.29. The molecule has 2 N–H and O–H groups in total. The Kier molecular flexibility index (Phi) is 8.06. The van der Waals surface area contributed by atoms with E-state index in [0.717, 1.165) is 11.4 Å². The number of ether oxygens (including phenoxy) is 2. The Labute approximate surface area is 171 Å². The van der Waals surface area contributed by atoms with E-state index in [9.17, 15) is 18.0 Å². The standard InChI is InChI=1S/C18H23F3N4O3S/c1-3-25-15(23-24-17(25)29)8-9-22-16(26)7-5-12-4-6-13(14(10-12)27-2)28-11-18(19,20)21/h4,6,10H,3,5,7-9,11H2,1-2H3,(H,22,26)(H,24,29). The molecule has 2 rings (SSSR count). The molecule has 7 nitrogen and oxygen atoms in total. The monoisotopic (exact) mass is 432 g/mol. The maximum Gasteiger partial charge on any atom is 0.422 e. The molecule has 160 valence electrons. The lowest BCUT2D eigenvalue weighted by Gasteiger charge is -2.13. The molecule has 11 heteroatoms.